The predicted octanol–water partition coefficient (Wildman–Crippen LogP) is 3.53. The minimum atomic E-state index is -0.280. The van der Waals surface area contributed by atoms with E-state index in [0.29, 0.717) is 21.8 Å². The fourth-order valence-electron chi connectivity index (χ4n) is 1.92. The Kier molecular flexibility index (Phi) is 4.46. The second kappa shape index (κ2) is 6.29. The highest BCUT2D eigenvalue weighted by Crippen LogP contribution is 2.28. The quantitative estimate of drug-likeness (QED) is 0.943. The normalized spacial score (nSPS) is 9.81. The van der Waals surface area contributed by atoms with Crippen molar-refractivity contribution in [3.05, 3.63) is 58.6 Å². The van der Waals surface area contributed by atoms with Gasteiger partial charge in [-0.05, 0) is 36.4 Å². The first-order valence-electron chi connectivity index (χ1n) is 6.29. The van der Waals surface area contributed by atoms with Crippen LogP contribution in [-0.2, 0) is 0 Å². The lowest BCUT2D eigenvalue weighted by Gasteiger charge is -2.18. The summed E-state index contributed by atoms with van der Waals surface area (Å²) in [5.74, 6) is -0.280. The number of rotatable bonds is 3. The molecule has 0 aliphatic rings. The number of hydrogen-bond donors (Lipinski definition) is 1. The summed E-state index contributed by atoms with van der Waals surface area (Å²) in [5.41, 5.74) is 2.35. The Morgan fingerprint density at radius 2 is 2.00 bits per heavy atom. The van der Waals surface area contributed by atoms with E-state index in [4.69, 9.17) is 16.9 Å². The smallest absolute Gasteiger partial charge is 0.255 e. The predicted molar refractivity (Wildman–Crippen MR) is 84.9 cm³/mol. The summed E-state index contributed by atoms with van der Waals surface area (Å²) in [6.45, 7) is 0. The van der Waals surface area contributed by atoms with Gasteiger partial charge in [0, 0.05) is 24.7 Å². The largest absolute Gasteiger partial charge is 0.376 e. The fourth-order valence-corrected chi connectivity index (χ4v) is 2.09. The number of nitrogens with one attached hydrogen (secondary N) is 1. The minimum absolute atomic E-state index is 0.280. The molecule has 0 aliphatic heterocycles. The van der Waals surface area contributed by atoms with Crippen LogP contribution in [0.4, 0.5) is 11.4 Å². The van der Waals surface area contributed by atoms with Crippen molar-refractivity contribution in [2.24, 2.45) is 0 Å². The highest BCUT2D eigenvalue weighted by atomic mass is 35.5. The lowest BCUT2D eigenvalue weighted by atomic mass is 10.1. The molecular weight excluding hydrogens is 286 g/mol. The summed E-state index contributed by atoms with van der Waals surface area (Å²) in [6.07, 6.45) is 0. The number of nitrogens with zero attached hydrogens (tertiary/aromatic N) is 2. The standard InChI is InChI=1S/C16H14ClN3O/c1-20(2)15-7-6-13(17)9-14(15)19-16(21)12-5-3-4-11(8-12)10-18/h3-9H,1-2H3,(H,19,21). The number of anilines is 2. The molecule has 0 spiro atoms. The highest BCUT2D eigenvalue weighted by molar-refractivity contribution is 6.31. The maximum atomic E-state index is 12.3. The Morgan fingerprint density at radius 1 is 1.24 bits per heavy atom. The Bertz CT molecular complexity index is 720. The molecule has 106 valence electrons. The Morgan fingerprint density at radius 3 is 2.67 bits per heavy atom. The summed E-state index contributed by atoms with van der Waals surface area (Å²) in [4.78, 5) is 14.2. The zero-order valence-electron chi connectivity index (χ0n) is 11.7. The third-order valence-corrected chi connectivity index (χ3v) is 3.18. The van der Waals surface area contributed by atoms with Crippen LogP contribution in [0.25, 0.3) is 0 Å². The average Bonchev–Trinajstić information content (AvgIpc) is 2.47. The number of carbonyl (C=O) groups excluding carboxylic acids is 1. The summed E-state index contributed by atoms with van der Waals surface area (Å²) in [7, 11) is 3.77. The lowest BCUT2D eigenvalue weighted by molar-refractivity contribution is 0.102. The molecule has 2 aromatic carbocycles. The molecule has 0 aliphatic carbocycles. The number of halogens is 1. The molecular formula is C16H14ClN3O. The van der Waals surface area contributed by atoms with Crippen molar-refractivity contribution in [3.63, 3.8) is 0 Å². The van der Waals surface area contributed by atoms with E-state index in [-0.39, 0.29) is 5.91 Å². The molecule has 4 nitrogen and oxygen atoms in total. The van der Waals surface area contributed by atoms with Gasteiger partial charge < -0.3 is 10.2 Å². The third kappa shape index (κ3) is 3.53. The van der Waals surface area contributed by atoms with Crippen molar-refractivity contribution in [1.82, 2.24) is 0 Å². The fraction of sp³-hybridized carbons (Fsp3) is 0.125. The van der Waals surface area contributed by atoms with Crippen LogP contribution in [0.1, 0.15) is 15.9 Å². The van der Waals surface area contributed by atoms with E-state index in [1.165, 1.54) is 0 Å². The van der Waals surface area contributed by atoms with Gasteiger partial charge >= 0.3 is 0 Å². The zero-order valence-corrected chi connectivity index (χ0v) is 12.5. The molecule has 0 atom stereocenters. The first-order chi connectivity index (χ1) is 10.0. The number of amides is 1. The molecule has 0 radical (unpaired) electrons. The Labute approximate surface area is 128 Å². The molecule has 0 saturated heterocycles. The van der Waals surface area contributed by atoms with Crippen LogP contribution in [0, 0.1) is 11.3 Å². The van der Waals surface area contributed by atoms with E-state index in [2.05, 4.69) is 5.32 Å². The maximum absolute atomic E-state index is 12.3. The molecule has 2 aromatic rings. The van der Waals surface area contributed by atoms with Gasteiger partial charge in [0.25, 0.3) is 5.91 Å². The van der Waals surface area contributed by atoms with E-state index < -0.39 is 0 Å². The van der Waals surface area contributed by atoms with E-state index >= 15 is 0 Å². The van der Waals surface area contributed by atoms with Gasteiger partial charge in [-0.15, -0.1) is 0 Å². The average molecular weight is 300 g/mol. The number of hydrogen-bond acceptors (Lipinski definition) is 3. The SMILES string of the molecule is CN(C)c1ccc(Cl)cc1NC(=O)c1cccc(C#N)c1. The van der Waals surface area contributed by atoms with E-state index in [1.807, 2.05) is 31.1 Å². The van der Waals surface area contributed by atoms with E-state index in [1.54, 1.807) is 36.4 Å². The number of carbonyl (C=O) groups is 1. The summed E-state index contributed by atoms with van der Waals surface area (Å²) in [5, 5.41) is 12.3. The zero-order chi connectivity index (χ0) is 15.4. The van der Waals surface area contributed by atoms with E-state index in [0.717, 1.165) is 5.69 Å². The Balaban J connectivity index is 2.31. The molecule has 0 bridgehead atoms. The third-order valence-electron chi connectivity index (χ3n) is 2.94. The monoisotopic (exact) mass is 299 g/mol. The summed E-state index contributed by atoms with van der Waals surface area (Å²) >= 11 is 5.99. The summed E-state index contributed by atoms with van der Waals surface area (Å²) < 4.78 is 0. The molecule has 1 N–H and O–H groups in total. The molecule has 0 saturated carbocycles. The first-order valence-corrected chi connectivity index (χ1v) is 6.67. The van der Waals surface area contributed by atoms with Gasteiger partial charge in [-0.1, -0.05) is 17.7 Å². The van der Waals surface area contributed by atoms with Gasteiger partial charge in [-0.25, -0.2) is 0 Å². The van der Waals surface area contributed by atoms with Gasteiger partial charge in [0.05, 0.1) is 23.0 Å². The molecule has 0 fully saturated rings. The topological polar surface area (TPSA) is 56.1 Å². The maximum Gasteiger partial charge on any atom is 0.255 e. The van der Waals surface area contributed by atoms with Gasteiger partial charge in [-0.3, -0.25) is 4.79 Å². The van der Waals surface area contributed by atoms with Crippen molar-refractivity contribution in [1.29, 1.82) is 5.26 Å². The van der Waals surface area contributed by atoms with Crippen molar-refractivity contribution in [3.8, 4) is 6.07 Å². The molecule has 21 heavy (non-hydrogen) atoms. The number of benzene rings is 2. The van der Waals surface area contributed by atoms with Crippen LogP contribution >= 0.6 is 11.6 Å². The molecule has 5 heteroatoms. The highest BCUT2D eigenvalue weighted by Gasteiger charge is 2.11. The van der Waals surface area contributed by atoms with Gasteiger partial charge in [-0.2, -0.15) is 5.26 Å². The van der Waals surface area contributed by atoms with Crippen LogP contribution in [0.5, 0.6) is 0 Å². The molecule has 0 aromatic heterocycles. The van der Waals surface area contributed by atoms with E-state index in [9.17, 15) is 4.79 Å². The Hall–Kier alpha value is -2.51. The van der Waals surface area contributed by atoms with Crippen LogP contribution in [0.15, 0.2) is 42.5 Å². The van der Waals surface area contributed by atoms with Crippen molar-refractivity contribution in [2.45, 2.75) is 0 Å². The van der Waals surface area contributed by atoms with Gasteiger partial charge in [0.1, 0.15) is 0 Å². The molecule has 0 unspecified atom stereocenters. The molecule has 1 amide bonds. The lowest BCUT2D eigenvalue weighted by Crippen LogP contribution is -2.16. The molecule has 2 rings (SSSR count). The molecule has 0 heterocycles. The van der Waals surface area contributed by atoms with Crippen LogP contribution in [-0.4, -0.2) is 20.0 Å². The van der Waals surface area contributed by atoms with Crippen LogP contribution in [0.3, 0.4) is 0 Å². The van der Waals surface area contributed by atoms with Crippen molar-refractivity contribution in [2.75, 3.05) is 24.3 Å². The number of nitriles is 1. The second-order valence-electron chi connectivity index (χ2n) is 4.70. The van der Waals surface area contributed by atoms with Gasteiger partial charge in [0.2, 0.25) is 0 Å². The van der Waals surface area contributed by atoms with Crippen molar-refractivity contribution >= 4 is 28.9 Å². The summed E-state index contributed by atoms with van der Waals surface area (Å²) in [6, 6.07) is 13.9. The van der Waals surface area contributed by atoms with Crippen LogP contribution < -0.4 is 10.2 Å². The second-order valence-corrected chi connectivity index (χ2v) is 5.14. The minimum Gasteiger partial charge on any atom is -0.376 e. The van der Waals surface area contributed by atoms with Crippen LogP contribution in [0.2, 0.25) is 5.02 Å². The van der Waals surface area contributed by atoms with Gasteiger partial charge in [0.15, 0.2) is 0 Å². The first kappa shape index (κ1) is 14.9. The van der Waals surface area contributed by atoms with Crippen molar-refractivity contribution < 1.29 is 4.79 Å².